The molecule has 0 N–H and O–H groups in total. The number of carbonyl (C=O) groups is 2. The van der Waals surface area contributed by atoms with Crippen LogP contribution in [0.4, 0.5) is 0 Å². The van der Waals surface area contributed by atoms with Gasteiger partial charge in [0.15, 0.2) is 6.10 Å². The van der Waals surface area contributed by atoms with Crippen LogP contribution < -0.4 is 0 Å². The van der Waals surface area contributed by atoms with Gasteiger partial charge in [-0.1, -0.05) is 43.2 Å². The number of amides is 1. The van der Waals surface area contributed by atoms with E-state index in [1.807, 2.05) is 42.2 Å². The van der Waals surface area contributed by atoms with Gasteiger partial charge in [-0.2, -0.15) is 0 Å². The zero-order valence-corrected chi connectivity index (χ0v) is 16.1. The molecule has 1 fully saturated rings. The fraction of sp³-hybridized carbons (Fsp3) is 0.450. The van der Waals surface area contributed by atoms with Crippen molar-refractivity contribution in [1.29, 1.82) is 0 Å². The van der Waals surface area contributed by atoms with E-state index in [0.29, 0.717) is 10.6 Å². The number of aromatic nitrogens is 1. The summed E-state index contributed by atoms with van der Waals surface area (Å²) >= 11 is 1.30. The number of esters is 1. The largest absolute Gasteiger partial charge is 0.448 e. The first-order valence-electron chi connectivity index (χ1n) is 9.09. The van der Waals surface area contributed by atoms with Crippen LogP contribution in [0, 0.1) is 6.92 Å². The first-order chi connectivity index (χ1) is 12.6. The topological polar surface area (TPSA) is 59.5 Å². The second-order valence-corrected chi connectivity index (χ2v) is 7.77. The van der Waals surface area contributed by atoms with Crippen LogP contribution in [0.1, 0.15) is 47.3 Å². The maximum atomic E-state index is 12.7. The van der Waals surface area contributed by atoms with E-state index in [1.54, 1.807) is 6.92 Å². The summed E-state index contributed by atoms with van der Waals surface area (Å²) in [6.07, 6.45) is 3.54. The standard InChI is InChI=1S/C20H24N2O3S/c1-14(19(23)22-12-8-3-4-9-13-22)25-20(24)18-17(21-15(2)26-18)16-10-6-5-7-11-16/h5-7,10-11,14H,3-4,8-9,12-13H2,1-2H3/t14-/m0/s1. The maximum Gasteiger partial charge on any atom is 0.351 e. The van der Waals surface area contributed by atoms with E-state index in [1.165, 1.54) is 11.3 Å². The summed E-state index contributed by atoms with van der Waals surface area (Å²) in [5.74, 6) is -0.590. The lowest BCUT2D eigenvalue weighted by Crippen LogP contribution is -2.40. The molecular formula is C20H24N2O3S. The highest BCUT2D eigenvalue weighted by Crippen LogP contribution is 2.29. The second-order valence-electron chi connectivity index (χ2n) is 6.56. The molecule has 1 saturated heterocycles. The molecule has 0 radical (unpaired) electrons. The summed E-state index contributed by atoms with van der Waals surface area (Å²) < 4.78 is 5.51. The van der Waals surface area contributed by atoms with Gasteiger partial charge >= 0.3 is 5.97 Å². The molecule has 5 nitrogen and oxygen atoms in total. The number of aryl methyl sites for hydroxylation is 1. The summed E-state index contributed by atoms with van der Waals surface area (Å²) in [5.41, 5.74) is 1.49. The molecule has 0 unspecified atom stereocenters. The molecule has 138 valence electrons. The van der Waals surface area contributed by atoms with Gasteiger partial charge in [0, 0.05) is 18.7 Å². The molecule has 1 aliphatic heterocycles. The summed E-state index contributed by atoms with van der Waals surface area (Å²) in [7, 11) is 0. The number of rotatable bonds is 4. The molecule has 2 heterocycles. The number of ether oxygens (including phenoxy) is 1. The smallest absolute Gasteiger partial charge is 0.351 e. The lowest BCUT2D eigenvalue weighted by Gasteiger charge is -2.23. The van der Waals surface area contributed by atoms with Gasteiger partial charge in [-0.25, -0.2) is 9.78 Å². The molecule has 1 atom stereocenters. The SMILES string of the molecule is Cc1nc(-c2ccccc2)c(C(=O)O[C@@H](C)C(=O)N2CCCCCC2)s1. The van der Waals surface area contributed by atoms with Gasteiger partial charge in [0.25, 0.3) is 5.91 Å². The van der Waals surface area contributed by atoms with Crippen molar-refractivity contribution in [3.63, 3.8) is 0 Å². The molecule has 26 heavy (non-hydrogen) atoms. The average Bonchev–Trinajstić information content (AvgIpc) is 2.86. The van der Waals surface area contributed by atoms with Gasteiger partial charge in [0.1, 0.15) is 4.88 Å². The van der Waals surface area contributed by atoms with E-state index in [2.05, 4.69) is 4.98 Å². The fourth-order valence-electron chi connectivity index (χ4n) is 3.17. The monoisotopic (exact) mass is 372 g/mol. The Morgan fingerprint density at radius 2 is 1.77 bits per heavy atom. The van der Waals surface area contributed by atoms with E-state index in [4.69, 9.17) is 4.74 Å². The van der Waals surface area contributed by atoms with Crippen molar-refractivity contribution in [2.24, 2.45) is 0 Å². The lowest BCUT2D eigenvalue weighted by atomic mass is 10.1. The molecule has 0 bridgehead atoms. The predicted octanol–water partition coefficient (Wildman–Crippen LogP) is 4.07. The van der Waals surface area contributed by atoms with Crippen LogP contribution in [0.3, 0.4) is 0 Å². The molecule has 1 aliphatic rings. The highest BCUT2D eigenvalue weighted by atomic mass is 32.1. The molecule has 2 aromatic rings. The Morgan fingerprint density at radius 3 is 2.42 bits per heavy atom. The van der Waals surface area contributed by atoms with Gasteiger partial charge in [-0.05, 0) is 26.7 Å². The van der Waals surface area contributed by atoms with Crippen LogP contribution in [0.15, 0.2) is 30.3 Å². The Kier molecular flexibility index (Phi) is 6.04. The minimum Gasteiger partial charge on any atom is -0.448 e. The molecule has 0 aliphatic carbocycles. The third kappa shape index (κ3) is 4.30. The molecule has 0 spiro atoms. The molecule has 3 rings (SSSR count). The normalized spacial score (nSPS) is 16.0. The van der Waals surface area contributed by atoms with E-state index in [0.717, 1.165) is 49.3 Å². The van der Waals surface area contributed by atoms with Crippen molar-refractivity contribution in [3.8, 4) is 11.3 Å². The predicted molar refractivity (Wildman–Crippen MR) is 102 cm³/mol. The minimum atomic E-state index is -0.786. The average molecular weight is 372 g/mol. The highest BCUT2D eigenvalue weighted by Gasteiger charge is 2.27. The number of benzene rings is 1. The van der Waals surface area contributed by atoms with Crippen molar-refractivity contribution >= 4 is 23.2 Å². The molecule has 1 aromatic heterocycles. The van der Waals surface area contributed by atoms with E-state index < -0.39 is 12.1 Å². The number of hydrogen-bond donors (Lipinski definition) is 0. The van der Waals surface area contributed by atoms with Gasteiger partial charge in [0.05, 0.1) is 10.7 Å². The van der Waals surface area contributed by atoms with E-state index in [-0.39, 0.29) is 5.91 Å². The van der Waals surface area contributed by atoms with Crippen molar-refractivity contribution < 1.29 is 14.3 Å². The van der Waals surface area contributed by atoms with Gasteiger partial charge in [-0.15, -0.1) is 11.3 Å². The van der Waals surface area contributed by atoms with Crippen LogP contribution in [0.2, 0.25) is 0 Å². The number of hydrogen-bond acceptors (Lipinski definition) is 5. The van der Waals surface area contributed by atoms with E-state index >= 15 is 0 Å². The van der Waals surface area contributed by atoms with Gasteiger partial charge in [-0.3, -0.25) is 4.79 Å². The Morgan fingerprint density at radius 1 is 1.12 bits per heavy atom. The maximum absolute atomic E-state index is 12.7. The molecule has 6 heteroatoms. The van der Waals surface area contributed by atoms with Crippen molar-refractivity contribution in [2.75, 3.05) is 13.1 Å². The summed E-state index contributed by atoms with van der Waals surface area (Å²) in [5, 5.41) is 0.794. The number of carbonyl (C=O) groups excluding carboxylic acids is 2. The third-order valence-electron chi connectivity index (χ3n) is 4.52. The first-order valence-corrected chi connectivity index (χ1v) is 9.90. The zero-order valence-electron chi connectivity index (χ0n) is 15.2. The van der Waals surface area contributed by atoms with Crippen LogP contribution in [-0.2, 0) is 9.53 Å². The Hall–Kier alpha value is -2.21. The summed E-state index contributed by atoms with van der Waals surface area (Å²) in [4.78, 5) is 32.1. The van der Waals surface area contributed by atoms with Crippen LogP contribution in [-0.4, -0.2) is 41.0 Å². The third-order valence-corrected chi connectivity index (χ3v) is 5.47. The zero-order chi connectivity index (χ0) is 18.5. The van der Waals surface area contributed by atoms with Crippen LogP contribution in [0.25, 0.3) is 11.3 Å². The van der Waals surface area contributed by atoms with Crippen molar-refractivity contribution in [2.45, 2.75) is 45.6 Å². The Balaban J connectivity index is 1.73. The quantitative estimate of drug-likeness (QED) is 0.759. The fourth-order valence-corrected chi connectivity index (χ4v) is 3.99. The van der Waals surface area contributed by atoms with Crippen molar-refractivity contribution in [3.05, 3.63) is 40.2 Å². The van der Waals surface area contributed by atoms with Crippen molar-refractivity contribution in [1.82, 2.24) is 9.88 Å². The van der Waals surface area contributed by atoms with Gasteiger partial charge in [0.2, 0.25) is 0 Å². The second kappa shape index (κ2) is 8.45. The molecule has 0 saturated carbocycles. The number of likely N-dealkylation sites (tertiary alicyclic amines) is 1. The first kappa shape index (κ1) is 18.6. The summed E-state index contributed by atoms with van der Waals surface area (Å²) in [6.45, 7) is 5.01. The summed E-state index contributed by atoms with van der Waals surface area (Å²) in [6, 6.07) is 9.56. The molecule has 1 amide bonds. The van der Waals surface area contributed by atoms with Gasteiger partial charge < -0.3 is 9.64 Å². The van der Waals surface area contributed by atoms with Crippen LogP contribution in [0.5, 0.6) is 0 Å². The van der Waals surface area contributed by atoms with Crippen LogP contribution >= 0.6 is 11.3 Å². The number of thiazole rings is 1. The Labute approximate surface area is 158 Å². The number of nitrogens with zero attached hydrogens (tertiary/aromatic N) is 2. The highest BCUT2D eigenvalue weighted by molar-refractivity contribution is 7.14. The minimum absolute atomic E-state index is 0.109. The Bertz CT molecular complexity index is 765. The lowest BCUT2D eigenvalue weighted by molar-refractivity contribution is -0.139. The molecule has 1 aromatic carbocycles. The van der Waals surface area contributed by atoms with E-state index in [9.17, 15) is 9.59 Å². The molecular weight excluding hydrogens is 348 g/mol.